The van der Waals surface area contributed by atoms with E-state index in [1.165, 1.54) is 0 Å². The molecule has 0 radical (unpaired) electrons. The minimum Gasteiger partial charge on any atom is -0.346 e. The second kappa shape index (κ2) is 7.25. The van der Waals surface area contributed by atoms with E-state index in [1.807, 2.05) is 11.9 Å². The van der Waals surface area contributed by atoms with Crippen molar-refractivity contribution in [1.82, 2.24) is 9.80 Å². The van der Waals surface area contributed by atoms with E-state index in [2.05, 4.69) is 25.7 Å². The lowest BCUT2D eigenvalue weighted by atomic mass is 9.91. The molecule has 1 amide bonds. The Balaban J connectivity index is 2.34. The molecule has 0 atom stereocenters. The Morgan fingerprint density at radius 2 is 1.89 bits per heavy atom. The molecule has 0 aromatic heterocycles. The van der Waals surface area contributed by atoms with Crippen molar-refractivity contribution in [2.75, 3.05) is 39.8 Å². The number of hydrogen-bond donors (Lipinski definition) is 1. The highest BCUT2D eigenvalue weighted by atomic mass is 16.2. The van der Waals surface area contributed by atoms with E-state index < -0.39 is 0 Å². The van der Waals surface area contributed by atoms with Crippen LogP contribution in [0.3, 0.4) is 0 Å². The van der Waals surface area contributed by atoms with Crippen LogP contribution in [0.4, 0.5) is 0 Å². The fourth-order valence-electron chi connectivity index (χ4n) is 2.51. The minimum absolute atomic E-state index is 0.221. The zero-order chi connectivity index (χ0) is 14.5. The van der Waals surface area contributed by atoms with Crippen LogP contribution in [-0.4, -0.2) is 55.5 Å². The molecule has 2 N–H and O–H groups in total. The van der Waals surface area contributed by atoms with Gasteiger partial charge in [0.15, 0.2) is 0 Å². The number of nitrogens with two attached hydrogens (primary N) is 1. The van der Waals surface area contributed by atoms with Gasteiger partial charge in [-0.05, 0) is 37.8 Å². The molecule has 1 rings (SSSR count). The number of nitrogens with zero attached hydrogens (tertiary/aromatic N) is 2. The van der Waals surface area contributed by atoms with Gasteiger partial charge in [-0.1, -0.05) is 20.8 Å². The van der Waals surface area contributed by atoms with Gasteiger partial charge in [-0.15, -0.1) is 0 Å². The molecule has 0 unspecified atom stereocenters. The highest BCUT2D eigenvalue weighted by Gasteiger charge is 2.27. The normalized spacial score (nSPS) is 18.6. The SMILES string of the molecule is CN(CCC(C)(C)C)C(=O)C1CCN(CCN)CC1. The molecule has 112 valence electrons. The number of amides is 1. The van der Waals surface area contributed by atoms with E-state index in [0.29, 0.717) is 17.9 Å². The van der Waals surface area contributed by atoms with E-state index in [4.69, 9.17) is 5.73 Å². The molecule has 0 spiro atoms. The molecule has 1 saturated heterocycles. The van der Waals surface area contributed by atoms with Crippen molar-refractivity contribution in [3.05, 3.63) is 0 Å². The molecule has 1 heterocycles. The van der Waals surface area contributed by atoms with Crippen molar-refractivity contribution in [2.45, 2.75) is 40.0 Å². The molecule has 1 fully saturated rings. The van der Waals surface area contributed by atoms with Gasteiger partial charge in [0.2, 0.25) is 5.91 Å². The van der Waals surface area contributed by atoms with Gasteiger partial charge in [0.1, 0.15) is 0 Å². The van der Waals surface area contributed by atoms with Crippen molar-refractivity contribution in [3.8, 4) is 0 Å². The van der Waals surface area contributed by atoms with Crippen molar-refractivity contribution in [2.24, 2.45) is 17.1 Å². The van der Waals surface area contributed by atoms with Gasteiger partial charge in [-0.3, -0.25) is 4.79 Å². The van der Waals surface area contributed by atoms with Crippen molar-refractivity contribution >= 4 is 5.91 Å². The number of hydrogen-bond acceptors (Lipinski definition) is 3. The third-order valence-electron chi connectivity index (χ3n) is 3.96. The monoisotopic (exact) mass is 269 g/mol. The van der Waals surface area contributed by atoms with E-state index in [-0.39, 0.29) is 5.92 Å². The van der Waals surface area contributed by atoms with Crippen LogP contribution in [0.2, 0.25) is 0 Å². The molecule has 19 heavy (non-hydrogen) atoms. The number of carbonyl (C=O) groups is 1. The minimum atomic E-state index is 0.221. The first kappa shape index (κ1) is 16.4. The second-order valence-corrected chi connectivity index (χ2v) is 6.98. The molecule has 4 nitrogen and oxygen atoms in total. The quantitative estimate of drug-likeness (QED) is 0.824. The van der Waals surface area contributed by atoms with Gasteiger partial charge in [-0.25, -0.2) is 0 Å². The first-order valence-electron chi connectivity index (χ1n) is 7.51. The molecule has 0 saturated carbocycles. The maximum Gasteiger partial charge on any atom is 0.225 e. The highest BCUT2D eigenvalue weighted by molar-refractivity contribution is 5.78. The predicted molar refractivity (Wildman–Crippen MR) is 79.9 cm³/mol. The summed E-state index contributed by atoms with van der Waals surface area (Å²) in [6.45, 7) is 11.2. The maximum atomic E-state index is 12.4. The lowest BCUT2D eigenvalue weighted by Crippen LogP contribution is -2.43. The molecule has 0 aromatic rings. The maximum absolute atomic E-state index is 12.4. The van der Waals surface area contributed by atoms with Crippen LogP contribution in [0.25, 0.3) is 0 Å². The molecule has 1 aliphatic heterocycles. The van der Waals surface area contributed by atoms with Crippen molar-refractivity contribution in [3.63, 3.8) is 0 Å². The lowest BCUT2D eigenvalue weighted by Gasteiger charge is -2.33. The lowest BCUT2D eigenvalue weighted by molar-refractivity contribution is -0.136. The second-order valence-electron chi connectivity index (χ2n) is 6.98. The third-order valence-corrected chi connectivity index (χ3v) is 3.96. The molecular formula is C15H31N3O. The molecular weight excluding hydrogens is 238 g/mol. The number of likely N-dealkylation sites (tertiary alicyclic amines) is 1. The first-order valence-corrected chi connectivity index (χ1v) is 7.51. The summed E-state index contributed by atoms with van der Waals surface area (Å²) in [5.74, 6) is 0.552. The van der Waals surface area contributed by atoms with Crippen LogP contribution in [0.5, 0.6) is 0 Å². The predicted octanol–water partition coefficient (Wildman–Crippen LogP) is 1.55. The van der Waals surface area contributed by atoms with Crippen LogP contribution < -0.4 is 5.73 Å². The Bertz CT molecular complexity index is 278. The average Bonchev–Trinajstić information content (AvgIpc) is 2.35. The summed E-state index contributed by atoms with van der Waals surface area (Å²) >= 11 is 0. The third kappa shape index (κ3) is 5.91. The number of rotatable bonds is 5. The molecule has 0 aliphatic carbocycles. The van der Waals surface area contributed by atoms with Crippen LogP contribution in [-0.2, 0) is 4.79 Å². The summed E-state index contributed by atoms with van der Waals surface area (Å²) in [6.07, 6.45) is 3.03. The highest BCUT2D eigenvalue weighted by Crippen LogP contribution is 2.22. The van der Waals surface area contributed by atoms with E-state index >= 15 is 0 Å². The fourth-order valence-corrected chi connectivity index (χ4v) is 2.51. The van der Waals surface area contributed by atoms with Gasteiger partial charge >= 0.3 is 0 Å². The summed E-state index contributed by atoms with van der Waals surface area (Å²) in [7, 11) is 1.94. The zero-order valence-electron chi connectivity index (χ0n) is 13.1. The van der Waals surface area contributed by atoms with E-state index in [9.17, 15) is 4.79 Å². The smallest absolute Gasteiger partial charge is 0.225 e. The van der Waals surface area contributed by atoms with Gasteiger partial charge in [0.05, 0.1) is 0 Å². The van der Waals surface area contributed by atoms with Crippen LogP contribution in [0.15, 0.2) is 0 Å². The summed E-state index contributed by atoms with van der Waals surface area (Å²) in [6, 6.07) is 0. The van der Waals surface area contributed by atoms with Gasteiger partial charge < -0.3 is 15.5 Å². The van der Waals surface area contributed by atoms with Crippen LogP contribution in [0, 0.1) is 11.3 Å². The standard InChI is InChI=1S/C15H31N3O/c1-15(2,3)7-11-17(4)14(19)13-5-9-18(10-6-13)12-8-16/h13H,5-12,16H2,1-4H3. The van der Waals surface area contributed by atoms with Crippen LogP contribution in [0.1, 0.15) is 40.0 Å². The average molecular weight is 269 g/mol. The molecule has 0 aromatic carbocycles. The van der Waals surface area contributed by atoms with Gasteiger partial charge in [0.25, 0.3) is 0 Å². The molecule has 0 bridgehead atoms. The largest absolute Gasteiger partial charge is 0.346 e. The van der Waals surface area contributed by atoms with E-state index in [1.54, 1.807) is 0 Å². The Morgan fingerprint density at radius 3 is 2.37 bits per heavy atom. The topological polar surface area (TPSA) is 49.6 Å². The molecule has 4 heteroatoms. The number of carbonyl (C=O) groups excluding carboxylic acids is 1. The Hall–Kier alpha value is -0.610. The number of piperidine rings is 1. The van der Waals surface area contributed by atoms with E-state index in [0.717, 1.165) is 45.4 Å². The Labute approximate surface area is 118 Å². The van der Waals surface area contributed by atoms with Crippen LogP contribution >= 0.6 is 0 Å². The van der Waals surface area contributed by atoms with Crippen molar-refractivity contribution in [1.29, 1.82) is 0 Å². The van der Waals surface area contributed by atoms with Gasteiger partial charge in [0, 0.05) is 32.6 Å². The zero-order valence-corrected chi connectivity index (χ0v) is 13.1. The Kier molecular flexibility index (Phi) is 6.27. The summed E-state index contributed by atoms with van der Waals surface area (Å²) in [4.78, 5) is 16.6. The fraction of sp³-hybridized carbons (Fsp3) is 0.933. The Morgan fingerprint density at radius 1 is 1.32 bits per heavy atom. The summed E-state index contributed by atoms with van der Waals surface area (Å²) < 4.78 is 0. The first-order chi connectivity index (χ1) is 8.83. The summed E-state index contributed by atoms with van der Waals surface area (Å²) in [5, 5.41) is 0. The van der Waals surface area contributed by atoms with Gasteiger partial charge in [-0.2, -0.15) is 0 Å². The van der Waals surface area contributed by atoms with Crippen molar-refractivity contribution < 1.29 is 4.79 Å². The molecule has 1 aliphatic rings. The summed E-state index contributed by atoms with van der Waals surface area (Å²) in [5.41, 5.74) is 5.86.